The van der Waals surface area contributed by atoms with Crippen molar-refractivity contribution in [2.75, 3.05) is 0 Å². The van der Waals surface area contributed by atoms with Crippen molar-refractivity contribution < 1.29 is 13.9 Å². The van der Waals surface area contributed by atoms with Gasteiger partial charge in [0.2, 0.25) is 0 Å². The second kappa shape index (κ2) is 6.59. The quantitative estimate of drug-likeness (QED) is 0.442. The van der Waals surface area contributed by atoms with Crippen molar-refractivity contribution in [1.29, 1.82) is 0 Å². The van der Waals surface area contributed by atoms with Crippen LogP contribution in [0.3, 0.4) is 0 Å². The first kappa shape index (κ1) is 18.4. The Labute approximate surface area is 165 Å². The maximum Gasteiger partial charge on any atom is 0.191 e. The lowest BCUT2D eigenvalue weighted by molar-refractivity contribution is 0.0967. The Morgan fingerprint density at radius 3 is 2.85 bits per heavy atom. The van der Waals surface area contributed by atoms with Gasteiger partial charge in [-0.25, -0.2) is 0 Å². The second-order valence-corrected chi connectivity index (χ2v) is 8.85. The lowest BCUT2D eigenvalue weighted by Crippen LogP contribution is -2.28. The molecule has 1 atom stereocenters. The smallest absolute Gasteiger partial charge is 0.191 e. The van der Waals surface area contributed by atoms with E-state index in [1.165, 1.54) is 0 Å². The molecule has 0 bridgehead atoms. The van der Waals surface area contributed by atoms with Crippen LogP contribution in [0.2, 0.25) is 0 Å². The number of ether oxygens (including phenoxy) is 1. The molecule has 142 valence electrons. The molecule has 0 N–H and O–H groups in total. The number of fused-ring (bicyclic) bond motifs is 6. The van der Waals surface area contributed by atoms with Crippen molar-refractivity contribution >= 4 is 35.0 Å². The number of hydrogen-bond donors (Lipinski definition) is 0. The van der Waals surface area contributed by atoms with E-state index in [1.807, 2.05) is 6.07 Å². The molecular formula is C23H26O3S. The fraction of sp³-hybridized carbons (Fsp3) is 0.478. The summed E-state index contributed by atoms with van der Waals surface area (Å²) in [6, 6.07) is 1.92. The zero-order chi connectivity index (χ0) is 19.3. The van der Waals surface area contributed by atoms with Crippen LogP contribution in [0.15, 0.2) is 16.6 Å². The molecule has 0 amide bonds. The maximum absolute atomic E-state index is 13.2. The molecule has 0 saturated heterocycles. The summed E-state index contributed by atoms with van der Waals surface area (Å²) >= 11 is 5.41. The summed E-state index contributed by atoms with van der Waals surface area (Å²) in [5.41, 5.74) is 4.18. The molecule has 27 heavy (non-hydrogen) atoms. The van der Waals surface area contributed by atoms with Crippen LogP contribution in [-0.2, 0) is 12.8 Å². The number of benzene rings is 1. The first-order chi connectivity index (χ1) is 12.8. The minimum Gasteiger partial charge on any atom is -0.482 e. The molecule has 1 unspecified atom stereocenters. The van der Waals surface area contributed by atoms with Gasteiger partial charge in [0.1, 0.15) is 11.4 Å². The van der Waals surface area contributed by atoms with Crippen LogP contribution in [0.25, 0.3) is 17.0 Å². The molecule has 0 radical (unpaired) electrons. The first-order valence-corrected chi connectivity index (χ1v) is 10.3. The van der Waals surface area contributed by atoms with Crippen LogP contribution >= 0.6 is 12.2 Å². The number of carbonyl (C=O) groups is 1. The van der Waals surface area contributed by atoms with Crippen molar-refractivity contribution in [3.05, 3.63) is 39.1 Å². The Kier molecular flexibility index (Phi) is 4.50. The van der Waals surface area contributed by atoms with Crippen LogP contribution in [0.4, 0.5) is 0 Å². The zero-order valence-corrected chi connectivity index (χ0v) is 17.3. The fourth-order valence-electron chi connectivity index (χ4n) is 4.31. The highest BCUT2D eigenvalue weighted by Gasteiger charge is 2.33. The van der Waals surface area contributed by atoms with Gasteiger partial charge >= 0.3 is 0 Å². The third kappa shape index (κ3) is 3.14. The average Bonchev–Trinajstić information content (AvgIpc) is 2.72. The summed E-state index contributed by atoms with van der Waals surface area (Å²) in [5, 5.41) is 0.930. The number of hydrogen-bond acceptors (Lipinski definition) is 4. The van der Waals surface area contributed by atoms with Crippen LogP contribution < -0.4 is 4.74 Å². The van der Waals surface area contributed by atoms with Gasteiger partial charge in [-0.05, 0) is 74.5 Å². The van der Waals surface area contributed by atoms with Gasteiger partial charge in [-0.1, -0.05) is 26.3 Å². The molecule has 2 aromatic rings. The lowest BCUT2D eigenvalue weighted by Gasteiger charge is -2.31. The van der Waals surface area contributed by atoms with Crippen LogP contribution in [-0.4, -0.2) is 11.4 Å². The largest absolute Gasteiger partial charge is 0.482 e. The molecule has 4 rings (SSSR count). The number of Topliss-reactive ketones (excluding diaryl/α,β-unsaturated/α-hetero) is 1. The number of rotatable bonds is 2. The molecule has 1 aliphatic heterocycles. The van der Waals surface area contributed by atoms with E-state index >= 15 is 0 Å². The molecule has 3 nitrogen and oxygen atoms in total. The minimum atomic E-state index is -0.397. The highest BCUT2D eigenvalue weighted by atomic mass is 32.1. The topological polar surface area (TPSA) is 39.4 Å². The number of carbonyl (C=O) groups excluding carboxylic acids is 1. The standard InChI is InChI=1S/C23H26O3S/c1-5-6-14-12-18(27)25-22-19(14)21-16(9-10-23(3,4)26-21)15-8-7-13(2)11-17(24)20(15)22/h9-10,12-13H,5-8,11H2,1-4H3. The lowest BCUT2D eigenvalue weighted by atomic mass is 9.88. The molecule has 0 spiro atoms. The molecule has 1 aromatic heterocycles. The third-order valence-electron chi connectivity index (χ3n) is 5.60. The van der Waals surface area contributed by atoms with Gasteiger partial charge in [0, 0.05) is 12.0 Å². The van der Waals surface area contributed by atoms with Gasteiger partial charge in [0.25, 0.3) is 0 Å². The van der Waals surface area contributed by atoms with Gasteiger partial charge in [-0.2, -0.15) is 0 Å². The van der Waals surface area contributed by atoms with E-state index in [0.29, 0.717) is 22.6 Å². The van der Waals surface area contributed by atoms with Gasteiger partial charge < -0.3 is 9.15 Å². The molecule has 2 aliphatic rings. The van der Waals surface area contributed by atoms with Crippen molar-refractivity contribution in [3.63, 3.8) is 0 Å². The molecule has 1 aromatic carbocycles. The molecule has 2 heterocycles. The van der Waals surface area contributed by atoms with Crippen molar-refractivity contribution in [2.45, 2.75) is 65.4 Å². The monoisotopic (exact) mass is 382 g/mol. The summed E-state index contributed by atoms with van der Waals surface area (Å²) in [6.07, 6.45) is 8.48. The van der Waals surface area contributed by atoms with E-state index in [2.05, 4.69) is 39.8 Å². The van der Waals surface area contributed by atoms with E-state index in [-0.39, 0.29) is 5.78 Å². The van der Waals surface area contributed by atoms with Crippen LogP contribution in [0.5, 0.6) is 5.75 Å². The van der Waals surface area contributed by atoms with Crippen molar-refractivity contribution in [3.8, 4) is 5.75 Å². The number of aryl methyl sites for hydroxylation is 1. The summed E-state index contributed by atoms with van der Waals surface area (Å²) in [7, 11) is 0. The molecular weight excluding hydrogens is 356 g/mol. The maximum atomic E-state index is 13.2. The fourth-order valence-corrected chi connectivity index (χ4v) is 4.53. The Hall–Kier alpha value is -1.94. The van der Waals surface area contributed by atoms with Gasteiger partial charge in [-0.3, -0.25) is 4.79 Å². The normalized spacial score (nSPS) is 20.7. The molecule has 4 heteroatoms. The predicted molar refractivity (Wildman–Crippen MR) is 111 cm³/mol. The predicted octanol–water partition coefficient (Wildman–Crippen LogP) is 6.45. The molecule has 1 aliphatic carbocycles. The second-order valence-electron chi connectivity index (χ2n) is 8.45. The average molecular weight is 383 g/mol. The summed E-state index contributed by atoms with van der Waals surface area (Å²) in [5.74, 6) is 1.37. The van der Waals surface area contributed by atoms with Crippen molar-refractivity contribution in [2.24, 2.45) is 5.92 Å². The van der Waals surface area contributed by atoms with Gasteiger partial charge in [-0.15, -0.1) is 0 Å². The Morgan fingerprint density at radius 1 is 1.33 bits per heavy atom. The summed E-state index contributed by atoms with van der Waals surface area (Å²) in [6.45, 7) is 8.39. The van der Waals surface area contributed by atoms with E-state index in [0.717, 1.165) is 59.1 Å². The Bertz CT molecular complexity index is 1030. The van der Waals surface area contributed by atoms with E-state index in [1.54, 1.807) is 0 Å². The van der Waals surface area contributed by atoms with Crippen LogP contribution in [0, 0.1) is 10.6 Å². The zero-order valence-electron chi connectivity index (χ0n) is 16.5. The highest BCUT2D eigenvalue weighted by Crippen LogP contribution is 2.45. The van der Waals surface area contributed by atoms with Crippen LogP contribution in [0.1, 0.15) is 74.0 Å². The number of ketones is 1. The Balaban J connectivity index is 2.16. The van der Waals surface area contributed by atoms with E-state index in [4.69, 9.17) is 21.4 Å². The first-order valence-electron chi connectivity index (χ1n) is 9.87. The molecule has 0 fully saturated rings. The van der Waals surface area contributed by atoms with Crippen molar-refractivity contribution in [1.82, 2.24) is 0 Å². The van der Waals surface area contributed by atoms with E-state index in [9.17, 15) is 4.79 Å². The summed E-state index contributed by atoms with van der Waals surface area (Å²) < 4.78 is 12.9. The minimum absolute atomic E-state index is 0.160. The Morgan fingerprint density at radius 2 is 2.11 bits per heavy atom. The third-order valence-corrected chi connectivity index (χ3v) is 5.81. The molecule has 0 saturated carbocycles. The summed E-state index contributed by atoms with van der Waals surface area (Å²) in [4.78, 5) is 13.2. The van der Waals surface area contributed by atoms with Gasteiger partial charge in [0.15, 0.2) is 16.1 Å². The van der Waals surface area contributed by atoms with Gasteiger partial charge in [0.05, 0.1) is 10.9 Å². The highest BCUT2D eigenvalue weighted by molar-refractivity contribution is 7.71. The van der Waals surface area contributed by atoms with E-state index < -0.39 is 5.60 Å². The SMILES string of the molecule is CCCc1cc(=S)oc2c3c(c4c(c12)OC(C)(C)C=C4)CCC(C)CC3=O.